The summed E-state index contributed by atoms with van der Waals surface area (Å²) < 4.78 is 27.6. The maximum absolute atomic E-state index is 13.1. The highest BCUT2D eigenvalue weighted by Gasteiger charge is 2.61. The molecule has 1 aliphatic carbocycles. The predicted molar refractivity (Wildman–Crippen MR) is 116 cm³/mol. The molecular formula is C23H22F2N4O3. The summed E-state index contributed by atoms with van der Waals surface area (Å²) in [7, 11) is 1.58. The molecule has 1 amide bonds. The van der Waals surface area contributed by atoms with E-state index in [0.717, 1.165) is 5.56 Å². The Hall–Kier alpha value is -3.46. The van der Waals surface area contributed by atoms with Crippen molar-refractivity contribution in [2.75, 3.05) is 5.32 Å². The Morgan fingerprint density at radius 3 is 2.69 bits per heavy atom. The molecule has 3 heterocycles. The number of hydrogen-bond acceptors (Lipinski definition) is 5. The van der Waals surface area contributed by atoms with Crippen LogP contribution < -0.4 is 10.9 Å². The summed E-state index contributed by atoms with van der Waals surface area (Å²) in [6.07, 6.45) is 3.76. The van der Waals surface area contributed by atoms with Crippen LogP contribution in [0, 0.1) is 12.8 Å². The summed E-state index contributed by atoms with van der Waals surface area (Å²) in [5.41, 5.74) is 2.50. The SMILES string of the molecule is C=CC[C@@H](O)c1cc(C)c(-c2cc3cnc(NC(=O)[C@H]4CC4(F)F)cc3n(C)c2=O)cn1. The third-order valence-electron chi connectivity index (χ3n) is 5.66. The molecule has 7 nitrogen and oxygen atoms in total. The van der Waals surface area contributed by atoms with E-state index < -0.39 is 30.3 Å². The third kappa shape index (κ3) is 3.91. The van der Waals surface area contributed by atoms with Crippen LogP contribution in [0.5, 0.6) is 0 Å². The number of hydrogen-bond donors (Lipinski definition) is 2. The molecule has 166 valence electrons. The molecule has 1 aliphatic rings. The lowest BCUT2D eigenvalue weighted by molar-refractivity contribution is -0.119. The summed E-state index contributed by atoms with van der Waals surface area (Å²) in [6, 6.07) is 4.89. The number of amides is 1. The zero-order valence-corrected chi connectivity index (χ0v) is 17.6. The summed E-state index contributed by atoms with van der Waals surface area (Å²) >= 11 is 0. The second kappa shape index (κ2) is 7.90. The van der Waals surface area contributed by atoms with Gasteiger partial charge in [-0.2, -0.15) is 0 Å². The number of alkyl halides is 2. The average molecular weight is 440 g/mol. The first-order valence-electron chi connectivity index (χ1n) is 10.1. The van der Waals surface area contributed by atoms with Crippen LogP contribution in [0.2, 0.25) is 0 Å². The first kappa shape index (κ1) is 21.8. The van der Waals surface area contributed by atoms with E-state index in [9.17, 15) is 23.5 Å². The molecule has 32 heavy (non-hydrogen) atoms. The van der Waals surface area contributed by atoms with Gasteiger partial charge in [0, 0.05) is 48.4 Å². The van der Waals surface area contributed by atoms with Crippen LogP contribution in [0.1, 0.15) is 30.2 Å². The van der Waals surface area contributed by atoms with E-state index in [-0.39, 0.29) is 11.4 Å². The van der Waals surface area contributed by atoms with Gasteiger partial charge in [0.05, 0.1) is 17.3 Å². The minimum absolute atomic E-state index is 0.103. The fourth-order valence-electron chi connectivity index (χ4n) is 3.66. The standard InChI is InChI=1S/C23H22F2N4O3/c1-4-5-19(30)17-6-12(2)15(11-26-17)14-7-13-10-27-20(8-18(13)29(3)22(14)32)28-21(31)16-9-23(16,24)25/h4,6-8,10-11,16,19,30H,1,5,9H2,2-3H3,(H,27,28,31)/t16-,19-/m1/s1. The van der Waals surface area contributed by atoms with Crippen molar-refractivity contribution in [2.24, 2.45) is 13.0 Å². The van der Waals surface area contributed by atoms with Crippen molar-refractivity contribution in [2.45, 2.75) is 31.8 Å². The summed E-state index contributed by atoms with van der Waals surface area (Å²) in [5.74, 6) is -4.99. The topological polar surface area (TPSA) is 97.1 Å². The first-order chi connectivity index (χ1) is 15.1. The van der Waals surface area contributed by atoms with E-state index in [0.29, 0.717) is 34.1 Å². The van der Waals surface area contributed by atoms with Gasteiger partial charge in [-0.15, -0.1) is 6.58 Å². The number of aryl methyl sites for hydroxylation is 2. The number of aliphatic hydroxyl groups excluding tert-OH is 1. The molecule has 0 saturated heterocycles. The van der Waals surface area contributed by atoms with E-state index in [4.69, 9.17) is 0 Å². The second-order valence-electron chi connectivity index (χ2n) is 8.02. The smallest absolute Gasteiger partial charge is 0.260 e. The van der Waals surface area contributed by atoms with Crippen molar-refractivity contribution in [3.8, 4) is 11.1 Å². The number of aliphatic hydroxyl groups is 1. The van der Waals surface area contributed by atoms with E-state index >= 15 is 0 Å². The van der Waals surface area contributed by atoms with E-state index in [1.165, 1.54) is 16.8 Å². The van der Waals surface area contributed by atoms with Gasteiger partial charge < -0.3 is 15.0 Å². The van der Waals surface area contributed by atoms with Crippen molar-refractivity contribution >= 4 is 22.6 Å². The van der Waals surface area contributed by atoms with Gasteiger partial charge in [0.1, 0.15) is 11.7 Å². The van der Waals surface area contributed by atoms with E-state index in [1.807, 2.05) is 6.92 Å². The minimum atomic E-state index is -2.97. The van der Waals surface area contributed by atoms with Crippen molar-refractivity contribution in [3.05, 3.63) is 64.9 Å². The van der Waals surface area contributed by atoms with Crippen molar-refractivity contribution in [1.29, 1.82) is 0 Å². The Kier molecular flexibility index (Phi) is 5.37. The molecule has 4 rings (SSSR count). The van der Waals surface area contributed by atoms with Gasteiger partial charge in [-0.1, -0.05) is 6.08 Å². The number of halogens is 2. The molecule has 1 fully saturated rings. The maximum atomic E-state index is 13.1. The zero-order chi connectivity index (χ0) is 23.2. The Labute approximate surface area is 182 Å². The Morgan fingerprint density at radius 1 is 1.34 bits per heavy atom. The lowest BCUT2D eigenvalue weighted by atomic mass is 10.0. The molecule has 0 aromatic carbocycles. The largest absolute Gasteiger partial charge is 0.386 e. The summed E-state index contributed by atoms with van der Waals surface area (Å²) in [6.45, 7) is 5.44. The molecule has 2 N–H and O–H groups in total. The number of aromatic nitrogens is 3. The Bertz CT molecular complexity index is 1300. The first-order valence-corrected chi connectivity index (χ1v) is 10.1. The molecular weight excluding hydrogens is 418 g/mol. The molecule has 2 atom stereocenters. The molecule has 3 aromatic heterocycles. The normalized spacial score (nSPS) is 17.7. The van der Waals surface area contributed by atoms with Gasteiger partial charge in [-0.05, 0) is 31.0 Å². The van der Waals surface area contributed by atoms with E-state index in [2.05, 4.69) is 21.9 Å². The van der Waals surface area contributed by atoms with Crippen LogP contribution in [0.25, 0.3) is 22.0 Å². The zero-order valence-electron chi connectivity index (χ0n) is 17.6. The van der Waals surface area contributed by atoms with Crippen LogP contribution in [0.15, 0.2) is 48.0 Å². The fraction of sp³-hybridized carbons (Fsp3) is 0.304. The van der Waals surface area contributed by atoms with Crippen LogP contribution >= 0.6 is 0 Å². The number of fused-ring (bicyclic) bond motifs is 1. The van der Waals surface area contributed by atoms with Gasteiger partial charge in [-0.25, -0.2) is 13.8 Å². The van der Waals surface area contributed by atoms with Crippen LogP contribution in [-0.2, 0) is 11.8 Å². The predicted octanol–water partition coefficient (Wildman–Crippen LogP) is 3.51. The number of anilines is 1. The molecule has 3 aromatic rings. The highest BCUT2D eigenvalue weighted by molar-refractivity contribution is 5.96. The highest BCUT2D eigenvalue weighted by Crippen LogP contribution is 2.49. The van der Waals surface area contributed by atoms with Gasteiger partial charge in [0.2, 0.25) is 5.91 Å². The van der Waals surface area contributed by atoms with Crippen molar-refractivity contribution in [3.63, 3.8) is 0 Å². The lowest BCUT2D eigenvalue weighted by Crippen LogP contribution is -2.21. The molecule has 1 saturated carbocycles. The number of pyridine rings is 3. The lowest BCUT2D eigenvalue weighted by Gasteiger charge is -2.14. The van der Waals surface area contributed by atoms with Gasteiger partial charge in [0.25, 0.3) is 11.5 Å². The van der Waals surface area contributed by atoms with Crippen LogP contribution in [0.4, 0.5) is 14.6 Å². The number of carbonyl (C=O) groups is 1. The van der Waals surface area contributed by atoms with Gasteiger partial charge >= 0.3 is 0 Å². The minimum Gasteiger partial charge on any atom is -0.386 e. The van der Waals surface area contributed by atoms with Crippen LogP contribution in [-0.4, -0.2) is 31.5 Å². The number of rotatable bonds is 6. The van der Waals surface area contributed by atoms with E-state index in [1.54, 1.807) is 31.5 Å². The maximum Gasteiger partial charge on any atom is 0.260 e. The monoisotopic (exact) mass is 440 g/mol. The number of nitrogens with one attached hydrogen (secondary N) is 1. The Morgan fingerprint density at radius 2 is 2.06 bits per heavy atom. The van der Waals surface area contributed by atoms with Crippen molar-refractivity contribution in [1.82, 2.24) is 14.5 Å². The van der Waals surface area contributed by atoms with Crippen LogP contribution in [0.3, 0.4) is 0 Å². The number of carbonyl (C=O) groups excluding carboxylic acids is 1. The Balaban J connectivity index is 1.69. The third-order valence-corrected chi connectivity index (χ3v) is 5.66. The molecule has 0 unspecified atom stereocenters. The van der Waals surface area contributed by atoms with Gasteiger partial charge in [0.15, 0.2) is 0 Å². The number of nitrogens with zero attached hydrogens (tertiary/aromatic N) is 3. The summed E-state index contributed by atoms with van der Waals surface area (Å²) in [4.78, 5) is 33.4. The second-order valence-corrected chi connectivity index (χ2v) is 8.02. The van der Waals surface area contributed by atoms with Crippen molar-refractivity contribution < 1.29 is 18.7 Å². The molecule has 0 radical (unpaired) electrons. The van der Waals surface area contributed by atoms with Gasteiger partial charge in [-0.3, -0.25) is 14.6 Å². The highest BCUT2D eigenvalue weighted by atomic mass is 19.3. The summed E-state index contributed by atoms with van der Waals surface area (Å²) in [5, 5.41) is 13.1. The fourth-order valence-corrected chi connectivity index (χ4v) is 3.66. The molecule has 0 bridgehead atoms. The molecule has 0 spiro atoms. The molecule has 0 aliphatic heterocycles. The quantitative estimate of drug-likeness (QED) is 0.572. The molecule has 9 heteroatoms. The average Bonchev–Trinajstić information content (AvgIpc) is 3.40.